The molecule has 17 atom stereocenters. The second-order valence-electron chi connectivity index (χ2n) is 26.5. The lowest BCUT2D eigenvalue weighted by molar-refractivity contribution is -0.349. The van der Waals surface area contributed by atoms with Crippen LogP contribution < -0.4 is 0 Å². The molecule has 17 unspecified atom stereocenters. The number of aliphatic carboxylic acids is 13. The highest BCUT2D eigenvalue weighted by atomic mass is 35.5. The molecule has 0 spiro atoms. The lowest BCUT2D eigenvalue weighted by atomic mass is 10.2. The fourth-order valence-electron chi connectivity index (χ4n) is 5.95. The zero-order valence-electron chi connectivity index (χ0n) is 67.1. The maximum Gasteiger partial charge on any atom is 0.377 e. The normalized spacial score (nSPS) is 19.6. The minimum Gasteiger partial charge on any atom is -0.478 e. The number of hydrogen-bond acceptors (Lipinski definition) is 35. The van der Waals surface area contributed by atoms with Gasteiger partial charge in [0.1, 0.15) is 4.87 Å². The maximum absolute atomic E-state index is 12.1. The van der Waals surface area contributed by atoms with Gasteiger partial charge >= 0.3 is 137 Å². The monoisotopic (exact) mass is 2150 g/mol. The number of carbonyl (C=O) groups excluding carboxylic acids is 7. The van der Waals surface area contributed by atoms with Crippen molar-refractivity contribution in [3.05, 3.63) is 0 Å². The zero-order valence-corrected chi connectivity index (χ0v) is 79.2. The van der Waals surface area contributed by atoms with Crippen LogP contribution in [0.3, 0.4) is 0 Å². The standard InChI is InChI=1S/C13H16Cl4O8.C12H14Cl4O9.2C12H15Cl3O10.C12H16Cl2O11.CH4/c1-10(2,14)7(20)23-12(4,16)9(22)25-13(5,17)8(21)24-11(3,15)6(18)19;1-9(13,14)7(21)23-11(3,16)8(22)24-12(4,6(19)20)25-10(2,15)5(17)18;1-9(13,14)8(22)23-11(3,6(18)19)25-12(4,7(20)21)24-10(2,15)5(16)17;1-9(13,5(16)17)24-11(3,15)8(22)23-12(4,7(20)21)25-10(2,14)6(18)19;1-9(13,5(15)16)23-11(3,7(19)20)25-12(4,8(21)22)24-10(2,14)6(17)18;/h1-5H3,(H,18,19);1-4H3,(H,17,18)(H,19,20);2*1-4H3,(H,16,17)(H,18,19)(H,20,21);1-4H3,(H,15,16)(H,17,18)(H,19,20)(H,21,22);1H4. The van der Waals surface area contributed by atoms with Gasteiger partial charge in [-0.1, -0.05) is 181 Å². The lowest BCUT2D eigenvalue weighted by Crippen LogP contribution is -2.58. The van der Waals surface area contributed by atoms with Crippen molar-refractivity contribution in [1.82, 2.24) is 0 Å². The largest absolute Gasteiger partial charge is 0.478 e. The first kappa shape index (κ1) is 130. The van der Waals surface area contributed by atoms with Gasteiger partial charge < -0.3 is 118 Å². The summed E-state index contributed by atoms with van der Waals surface area (Å²) in [7, 11) is 0. The summed E-state index contributed by atoms with van der Waals surface area (Å²) in [4.78, 5) is 226. The first-order valence-electron chi connectivity index (χ1n) is 31.6. The van der Waals surface area contributed by atoms with Gasteiger partial charge in [0.2, 0.25) is 44.1 Å². The first-order chi connectivity index (χ1) is 54.3. The van der Waals surface area contributed by atoms with Crippen LogP contribution in [-0.4, -0.2) is 290 Å². The molecule has 0 aliphatic rings. The third-order valence-corrected chi connectivity index (χ3v) is 16.1. The molecule has 0 radical (unpaired) electrons. The molecule has 0 aliphatic carbocycles. The van der Waals surface area contributed by atoms with E-state index in [9.17, 15) is 116 Å². The molecule has 0 amide bonds. The predicted molar refractivity (Wildman–Crippen MR) is 425 cm³/mol. The van der Waals surface area contributed by atoms with E-state index in [-0.39, 0.29) is 7.43 Å². The number of carbonyl (C=O) groups is 20. The highest BCUT2D eigenvalue weighted by molar-refractivity contribution is 6.58. The molecule has 0 aromatic heterocycles. The second-order valence-corrected chi connectivity index (χ2v) is 38.8. The second kappa shape index (κ2) is 46.2. The van der Waals surface area contributed by atoms with E-state index in [1.54, 1.807) is 0 Å². The van der Waals surface area contributed by atoms with Crippen molar-refractivity contribution < 1.29 is 233 Å². The van der Waals surface area contributed by atoms with Crippen LogP contribution in [0.1, 0.15) is 153 Å². The molecule has 0 aliphatic heterocycles. The molecule has 0 fully saturated rings. The Bertz CT molecular complexity index is 4050. The Morgan fingerprint density at radius 2 is 0.302 bits per heavy atom. The van der Waals surface area contributed by atoms with Crippen molar-refractivity contribution in [2.45, 2.75) is 257 Å². The number of carboxylic acids is 13. The van der Waals surface area contributed by atoms with Crippen molar-refractivity contribution in [3.63, 3.8) is 0 Å². The van der Waals surface area contributed by atoms with Crippen LogP contribution in [0, 0.1) is 0 Å². The van der Waals surface area contributed by atoms with Crippen LogP contribution in [0.2, 0.25) is 0 Å². The Morgan fingerprint density at radius 1 is 0.159 bits per heavy atom. The number of rotatable bonds is 43. The van der Waals surface area contributed by atoms with E-state index in [1.807, 2.05) is 0 Å². The Kier molecular flexibility index (Phi) is 47.8. The number of carboxylic acid groups (broad SMARTS) is 13. The molecule has 0 bridgehead atoms. The van der Waals surface area contributed by atoms with Gasteiger partial charge in [0.15, 0.2) is 0 Å². The summed E-state index contributed by atoms with van der Waals surface area (Å²) >= 11 is 89.1. The third-order valence-electron chi connectivity index (χ3n) is 12.8. The number of halogens is 16. The zero-order chi connectivity index (χ0) is 102. The van der Waals surface area contributed by atoms with E-state index in [0.29, 0.717) is 41.5 Å². The number of alkyl halides is 16. The van der Waals surface area contributed by atoms with Crippen molar-refractivity contribution in [1.29, 1.82) is 0 Å². The molecule has 0 rings (SSSR count). The van der Waals surface area contributed by atoms with Gasteiger partial charge in [-0.25, -0.2) is 91.1 Å². The van der Waals surface area contributed by atoms with Crippen molar-refractivity contribution in [2.75, 3.05) is 0 Å². The van der Waals surface area contributed by atoms with Gasteiger partial charge in [-0.2, -0.15) is 0 Å². The Labute approximate surface area is 789 Å². The molecule has 0 heterocycles. The van der Waals surface area contributed by atoms with Crippen LogP contribution in [0.25, 0.3) is 0 Å². The summed E-state index contributed by atoms with van der Waals surface area (Å²) < 4.78 is 65.4. The maximum atomic E-state index is 12.1. The molecule has 0 saturated carbocycles. The smallest absolute Gasteiger partial charge is 0.377 e. The minimum atomic E-state index is -2.96. The quantitative estimate of drug-likeness (QED) is 0.0117. The topological polar surface area (TPSA) is 743 Å². The van der Waals surface area contributed by atoms with E-state index >= 15 is 0 Å². The average molecular weight is 2160 g/mol. The van der Waals surface area contributed by atoms with Crippen LogP contribution in [-0.2, 0) is 167 Å². The molecule has 728 valence electrons. The van der Waals surface area contributed by atoms with Crippen molar-refractivity contribution in [2.24, 2.45) is 0 Å². The molecule has 48 nitrogen and oxygen atoms in total. The third kappa shape index (κ3) is 41.4. The van der Waals surface area contributed by atoms with Crippen molar-refractivity contribution >= 4 is 305 Å². The Hall–Kier alpha value is -6.28. The summed E-state index contributed by atoms with van der Waals surface area (Å²) in [6.45, 7) is 17.7. The number of ether oxygens (including phenoxy) is 15. The van der Waals surface area contributed by atoms with Crippen LogP contribution in [0.4, 0.5) is 0 Å². The summed E-state index contributed by atoms with van der Waals surface area (Å²) in [5.74, 6) is -51.5. The van der Waals surface area contributed by atoms with Crippen molar-refractivity contribution in [3.8, 4) is 0 Å². The molecular formula is C62H80Cl16O48. The van der Waals surface area contributed by atoms with Crippen LogP contribution >= 0.6 is 186 Å². The number of hydrogen-bond donors (Lipinski definition) is 13. The van der Waals surface area contributed by atoms with E-state index in [0.717, 1.165) is 90.0 Å². The van der Waals surface area contributed by atoms with E-state index in [4.69, 9.17) is 251 Å². The van der Waals surface area contributed by atoms with Gasteiger partial charge in [-0.05, 0) is 76.2 Å². The first-order valence-corrected chi connectivity index (χ1v) is 37.7. The van der Waals surface area contributed by atoms with Gasteiger partial charge in [0, 0.05) is 69.2 Å². The van der Waals surface area contributed by atoms with E-state index in [2.05, 4.69) is 52.1 Å². The Morgan fingerprint density at radius 3 is 0.500 bits per heavy atom. The average Bonchev–Trinajstić information content (AvgIpc) is 0.788. The van der Waals surface area contributed by atoms with Gasteiger partial charge in [0.25, 0.3) is 37.6 Å². The summed E-state index contributed by atoms with van der Waals surface area (Å²) in [5.41, 5.74) is 0. The molecular weight excluding hydrogens is 2080 g/mol. The summed E-state index contributed by atoms with van der Waals surface area (Å²) in [5, 5.41) is 89.5. The minimum absolute atomic E-state index is 0. The highest BCUT2D eigenvalue weighted by Gasteiger charge is 2.60. The fourth-order valence-corrected chi connectivity index (χ4v) is 7.66. The highest BCUT2D eigenvalue weighted by Crippen LogP contribution is 2.40. The Balaban J connectivity index is -0.000000356. The SMILES string of the molecule is C.CC(C)(Cl)C(=O)OC(C)(Cl)C(=O)OC(C)(Cl)C(=O)OC(C)(Cl)C(=O)O.CC(Cl)(Cl)C(=O)OC(C)(Cl)C(=O)OC(C)(OC(C)(Cl)C(=O)O)C(=O)O.CC(Cl)(Cl)C(=O)OC(C)(OC(C)(OC(C)(Cl)C(=O)O)C(=O)O)C(=O)O.CC(Cl)(OC(C)(Cl)C(=O)OC(C)(OC(C)(Cl)C(=O)O)C(=O)O)C(=O)O.CC(Cl)(OC(C)(OC(C)(OC(C)(Cl)C(=O)O)C(=O)O)C(=O)O)C(=O)O. The fraction of sp³-hybridized carbons (Fsp3) is 0.677. The summed E-state index contributed by atoms with van der Waals surface area (Å²) in [6.07, 6.45) is 0. The van der Waals surface area contributed by atoms with Gasteiger partial charge in [0.05, 0.1) is 0 Å². The van der Waals surface area contributed by atoms with Crippen LogP contribution in [0.15, 0.2) is 0 Å². The molecule has 13 N–H and O–H groups in total. The van der Waals surface area contributed by atoms with Crippen LogP contribution in [0.5, 0.6) is 0 Å². The molecule has 0 saturated heterocycles. The van der Waals surface area contributed by atoms with E-state index in [1.165, 1.54) is 13.8 Å². The van der Waals surface area contributed by atoms with Gasteiger partial charge in [-0.15, -0.1) is 11.6 Å². The molecule has 64 heteroatoms. The summed E-state index contributed by atoms with van der Waals surface area (Å²) in [6, 6.07) is 0. The van der Waals surface area contributed by atoms with Gasteiger partial charge in [-0.3, -0.25) is 23.7 Å². The predicted octanol–water partition coefficient (Wildman–Crippen LogP) is 8.81. The molecule has 0 aromatic carbocycles. The van der Waals surface area contributed by atoms with E-state index < -0.39 is 223 Å². The lowest BCUT2D eigenvalue weighted by Gasteiger charge is -2.38. The molecule has 0 aromatic rings. The number of esters is 7. The molecule has 126 heavy (non-hydrogen) atoms.